The Kier molecular flexibility index (Phi) is 5.50. The summed E-state index contributed by atoms with van der Waals surface area (Å²) in [6, 6.07) is -0.675. The number of amides is 3. The van der Waals surface area contributed by atoms with E-state index < -0.39 is 12.1 Å². The molecule has 0 aromatic carbocycles. The third-order valence-electron chi connectivity index (χ3n) is 3.16. The van der Waals surface area contributed by atoms with Gasteiger partial charge in [0.25, 0.3) is 0 Å². The van der Waals surface area contributed by atoms with Crippen molar-refractivity contribution < 1.29 is 9.59 Å². The number of rotatable bonds is 3. The Morgan fingerprint density at radius 1 is 1.50 bits per heavy atom. The molecule has 100 valence electrons. The fourth-order valence-electron chi connectivity index (χ4n) is 2.11. The number of likely N-dealkylation sites (tertiary alicyclic amines) is 1. The second-order valence-electron chi connectivity index (χ2n) is 4.63. The molecule has 1 rings (SSSR count). The molecule has 1 saturated heterocycles. The van der Waals surface area contributed by atoms with Crippen LogP contribution in [0.5, 0.6) is 0 Å². The number of nitrogens with one attached hydrogen (secondary N) is 2. The van der Waals surface area contributed by atoms with Crippen molar-refractivity contribution in [3.8, 4) is 12.3 Å². The summed E-state index contributed by atoms with van der Waals surface area (Å²) < 4.78 is 0. The number of carbonyl (C=O) groups excluding carboxylic acids is 2. The molecule has 18 heavy (non-hydrogen) atoms. The van der Waals surface area contributed by atoms with Gasteiger partial charge in [-0.25, -0.2) is 4.79 Å². The van der Waals surface area contributed by atoms with Crippen LogP contribution < -0.4 is 10.6 Å². The first-order valence-electron chi connectivity index (χ1n) is 6.34. The summed E-state index contributed by atoms with van der Waals surface area (Å²) in [6.45, 7) is 4.67. The van der Waals surface area contributed by atoms with E-state index in [2.05, 4.69) is 16.6 Å². The zero-order chi connectivity index (χ0) is 13.5. The summed E-state index contributed by atoms with van der Waals surface area (Å²) in [5, 5.41) is 5.07. The molecule has 2 N–H and O–H groups in total. The highest BCUT2D eigenvalue weighted by atomic mass is 16.2. The fraction of sp³-hybridized carbons (Fsp3) is 0.692. The van der Waals surface area contributed by atoms with Crippen LogP contribution in [0.1, 0.15) is 33.1 Å². The molecule has 0 aromatic rings. The van der Waals surface area contributed by atoms with Crippen LogP contribution in [0.25, 0.3) is 0 Å². The summed E-state index contributed by atoms with van der Waals surface area (Å²) in [5.41, 5.74) is 0. The molecule has 2 atom stereocenters. The lowest BCUT2D eigenvalue weighted by Crippen LogP contribution is -2.53. The van der Waals surface area contributed by atoms with Gasteiger partial charge in [-0.05, 0) is 33.1 Å². The minimum atomic E-state index is -0.525. The Labute approximate surface area is 108 Å². The molecule has 0 bridgehead atoms. The largest absolute Gasteiger partial charge is 0.338 e. The number of piperidine rings is 1. The minimum absolute atomic E-state index is 0.0296. The summed E-state index contributed by atoms with van der Waals surface area (Å²) in [5.74, 6) is 2.27. The number of hydrogen-bond donors (Lipinski definition) is 2. The molecule has 3 amide bonds. The first kappa shape index (κ1) is 14.4. The Morgan fingerprint density at radius 2 is 2.22 bits per heavy atom. The van der Waals surface area contributed by atoms with Crippen molar-refractivity contribution in [2.24, 2.45) is 0 Å². The quantitative estimate of drug-likeness (QED) is 0.726. The number of terminal acetylenes is 1. The van der Waals surface area contributed by atoms with Crippen molar-refractivity contribution in [3.63, 3.8) is 0 Å². The monoisotopic (exact) mass is 251 g/mol. The number of nitrogens with zero attached hydrogens (tertiary/aromatic N) is 1. The Hall–Kier alpha value is -1.70. The molecule has 1 fully saturated rings. The first-order valence-corrected chi connectivity index (χ1v) is 6.34. The Morgan fingerprint density at radius 3 is 2.83 bits per heavy atom. The van der Waals surface area contributed by atoms with Gasteiger partial charge in [-0.15, -0.1) is 6.42 Å². The Balaban J connectivity index is 2.45. The van der Waals surface area contributed by atoms with Crippen molar-refractivity contribution in [1.29, 1.82) is 0 Å². The first-order chi connectivity index (χ1) is 8.56. The van der Waals surface area contributed by atoms with E-state index in [1.165, 1.54) is 0 Å². The summed E-state index contributed by atoms with van der Waals surface area (Å²) in [6.07, 6.45) is 8.26. The average Bonchev–Trinajstić information content (AvgIpc) is 2.36. The van der Waals surface area contributed by atoms with Gasteiger partial charge in [-0.3, -0.25) is 4.79 Å². The molecule has 0 aliphatic carbocycles. The van der Waals surface area contributed by atoms with Gasteiger partial charge in [0.2, 0.25) is 5.91 Å². The van der Waals surface area contributed by atoms with Crippen molar-refractivity contribution in [3.05, 3.63) is 0 Å². The van der Waals surface area contributed by atoms with E-state index in [9.17, 15) is 9.59 Å². The molecular weight excluding hydrogens is 230 g/mol. The standard InChI is InChI=1S/C13H21N3O2/c1-4-8-14-13(18)15-11(3)12(17)16-9-6-5-7-10(16)2/h1,10-11H,5-9H2,2-3H3,(H2,14,15,18). The number of urea groups is 1. The maximum atomic E-state index is 12.2. The van der Waals surface area contributed by atoms with Crippen LogP contribution in [0.15, 0.2) is 0 Å². The van der Waals surface area contributed by atoms with Gasteiger partial charge in [0.1, 0.15) is 6.04 Å². The lowest BCUT2D eigenvalue weighted by molar-refractivity contribution is -0.136. The molecule has 0 spiro atoms. The van der Waals surface area contributed by atoms with Gasteiger partial charge in [-0.1, -0.05) is 5.92 Å². The molecule has 0 saturated carbocycles. The topological polar surface area (TPSA) is 61.4 Å². The number of hydrogen-bond acceptors (Lipinski definition) is 2. The van der Waals surface area contributed by atoms with Crippen LogP contribution in [-0.2, 0) is 4.79 Å². The van der Waals surface area contributed by atoms with Crippen LogP contribution in [0.4, 0.5) is 4.79 Å². The van der Waals surface area contributed by atoms with Crippen molar-refractivity contribution in [1.82, 2.24) is 15.5 Å². The van der Waals surface area contributed by atoms with E-state index in [0.29, 0.717) is 0 Å². The van der Waals surface area contributed by atoms with Gasteiger partial charge in [-0.2, -0.15) is 0 Å². The SMILES string of the molecule is C#CCNC(=O)NC(C)C(=O)N1CCCCC1C. The van der Waals surface area contributed by atoms with E-state index in [0.717, 1.165) is 25.8 Å². The lowest BCUT2D eigenvalue weighted by Gasteiger charge is -2.35. The highest BCUT2D eigenvalue weighted by Crippen LogP contribution is 2.17. The van der Waals surface area contributed by atoms with E-state index in [-0.39, 0.29) is 18.5 Å². The molecular formula is C13H21N3O2. The van der Waals surface area contributed by atoms with Crippen LogP contribution in [0, 0.1) is 12.3 Å². The van der Waals surface area contributed by atoms with Crippen molar-refractivity contribution in [2.45, 2.75) is 45.2 Å². The molecule has 1 aliphatic heterocycles. The highest BCUT2D eigenvalue weighted by Gasteiger charge is 2.27. The second kappa shape index (κ2) is 6.90. The predicted molar refractivity (Wildman–Crippen MR) is 69.9 cm³/mol. The lowest BCUT2D eigenvalue weighted by atomic mass is 10.0. The van der Waals surface area contributed by atoms with Crippen LogP contribution in [-0.4, -0.2) is 42.0 Å². The van der Waals surface area contributed by atoms with E-state index in [1.54, 1.807) is 6.92 Å². The minimum Gasteiger partial charge on any atom is -0.338 e. The summed E-state index contributed by atoms with van der Waals surface area (Å²) in [4.78, 5) is 25.4. The third kappa shape index (κ3) is 3.95. The van der Waals surface area contributed by atoms with Crippen LogP contribution >= 0.6 is 0 Å². The van der Waals surface area contributed by atoms with Gasteiger partial charge in [0.15, 0.2) is 0 Å². The normalized spacial score (nSPS) is 20.7. The number of carbonyl (C=O) groups is 2. The van der Waals surface area contributed by atoms with Crippen molar-refractivity contribution in [2.75, 3.05) is 13.1 Å². The zero-order valence-electron chi connectivity index (χ0n) is 11.0. The third-order valence-corrected chi connectivity index (χ3v) is 3.16. The molecule has 0 aromatic heterocycles. The average molecular weight is 251 g/mol. The smallest absolute Gasteiger partial charge is 0.316 e. The van der Waals surface area contributed by atoms with E-state index in [1.807, 2.05) is 11.8 Å². The molecule has 1 aliphatic rings. The van der Waals surface area contributed by atoms with Crippen LogP contribution in [0.2, 0.25) is 0 Å². The summed E-state index contributed by atoms with van der Waals surface area (Å²) >= 11 is 0. The molecule has 5 nitrogen and oxygen atoms in total. The molecule has 0 radical (unpaired) electrons. The predicted octanol–water partition coefficient (Wildman–Crippen LogP) is 0.708. The van der Waals surface area contributed by atoms with Gasteiger partial charge < -0.3 is 15.5 Å². The maximum Gasteiger partial charge on any atom is 0.316 e. The molecule has 5 heteroatoms. The summed E-state index contributed by atoms with van der Waals surface area (Å²) in [7, 11) is 0. The van der Waals surface area contributed by atoms with E-state index >= 15 is 0 Å². The van der Waals surface area contributed by atoms with Gasteiger partial charge in [0, 0.05) is 12.6 Å². The van der Waals surface area contributed by atoms with Crippen LogP contribution in [0.3, 0.4) is 0 Å². The second-order valence-corrected chi connectivity index (χ2v) is 4.63. The van der Waals surface area contributed by atoms with Crippen molar-refractivity contribution >= 4 is 11.9 Å². The Bertz CT molecular complexity index is 349. The van der Waals surface area contributed by atoms with Gasteiger partial charge in [0.05, 0.1) is 6.54 Å². The zero-order valence-corrected chi connectivity index (χ0v) is 11.0. The molecule has 2 unspecified atom stereocenters. The van der Waals surface area contributed by atoms with Gasteiger partial charge >= 0.3 is 6.03 Å². The highest BCUT2D eigenvalue weighted by molar-refractivity contribution is 5.87. The molecule has 1 heterocycles. The maximum absolute atomic E-state index is 12.2. The van der Waals surface area contributed by atoms with E-state index in [4.69, 9.17) is 6.42 Å². The fourth-order valence-corrected chi connectivity index (χ4v) is 2.11.